The molecule has 1 aromatic heterocycles. The fourth-order valence-corrected chi connectivity index (χ4v) is 3.63. The Kier molecular flexibility index (Phi) is 8.46. The molecule has 0 atom stereocenters. The Morgan fingerprint density at radius 3 is 2.68 bits per heavy atom. The van der Waals surface area contributed by atoms with Crippen LogP contribution in [-0.4, -0.2) is 66.4 Å². The molecule has 0 unspecified atom stereocenters. The summed E-state index contributed by atoms with van der Waals surface area (Å²) >= 11 is 0. The lowest BCUT2D eigenvalue weighted by Crippen LogP contribution is -2.31. The van der Waals surface area contributed by atoms with Crippen LogP contribution < -0.4 is 9.47 Å². The second kappa shape index (κ2) is 11.5. The monoisotopic (exact) mass is 429 g/mol. The quantitative estimate of drug-likeness (QED) is 0.308. The van der Waals surface area contributed by atoms with E-state index in [-0.39, 0.29) is 24.6 Å². The minimum atomic E-state index is -0.531. The number of nitrogens with zero attached hydrogens (tertiary/aromatic N) is 3. The number of carbonyl (C=O) groups excluding carboxylic acids is 2. The average Bonchev–Trinajstić information content (AvgIpc) is 3.20. The summed E-state index contributed by atoms with van der Waals surface area (Å²) in [5.74, 6) is 0.190. The van der Waals surface area contributed by atoms with Crippen LogP contribution in [0.1, 0.15) is 53.5 Å². The van der Waals surface area contributed by atoms with E-state index in [4.69, 9.17) is 14.2 Å². The van der Waals surface area contributed by atoms with Crippen molar-refractivity contribution in [2.24, 2.45) is 0 Å². The number of hydrogen-bond acceptors (Lipinski definition) is 7. The number of rotatable bonds is 11. The van der Waals surface area contributed by atoms with Crippen LogP contribution >= 0.6 is 0 Å². The number of ketones is 1. The third-order valence-electron chi connectivity index (χ3n) is 5.24. The maximum atomic E-state index is 12.7. The standard InChI is InChI=1S/C23H31N3O5/c1-3-30-23(28)20-16-22(31-14-8-13-25-11-5-4-6-12-25)24-26(20)17-21(27)18-9-7-10-19(15-18)29-2/h7,9-10,15-16H,3-6,8,11-14,17H2,1-2H3. The second-order valence-corrected chi connectivity index (χ2v) is 7.51. The van der Waals surface area contributed by atoms with Gasteiger partial charge in [0.1, 0.15) is 12.3 Å². The molecule has 3 rings (SSSR count). The number of piperidine rings is 1. The van der Waals surface area contributed by atoms with Crippen LogP contribution in [0.2, 0.25) is 0 Å². The van der Waals surface area contributed by atoms with Crippen molar-refractivity contribution < 1.29 is 23.8 Å². The van der Waals surface area contributed by atoms with Crippen LogP contribution in [0.3, 0.4) is 0 Å². The SMILES string of the molecule is CCOC(=O)c1cc(OCCCN2CCCCC2)nn1CC(=O)c1cccc(OC)c1. The molecule has 2 aromatic rings. The lowest BCUT2D eigenvalue weighted by Gasteiger charge is -2.26. The Morgan fingerprint density at radius 2 is 1.94 bits per heavy atom. The molecule has 1 saturated heterocycles. The number of Topliss-reactive ketones (excluding diaryl/α,β-unsaturated/α-hetero) is 1. The molecule has 1 aromatic carbocycles. The maximum absolute atomic E-state index is 12.7. The van der Waals surface area contributed by atoms with Crippen molar-refractivity contribution in [3.8, 4) is 11.6 Å². The Balaban J connectivity index is 1.64. The molecule has 0 bridgehead atoms. The summed E-state index contributed by atoms with van der Waals surface area (Å²) in [6.07, 6.45) is 4.71. The van der Waals surface area contributed by atoms with Gasteiger partial charge in [0.05, 0.1) is 20.3 Å². The van der Waals surface area contributed by atoms with E-state index in [0.29, 0.717) is 23.8 Å². The van der Waals surface area contributed by atoms with Crippen molar-refractivity contribution in [2.45, 2.75) is 39.2 Å². The summed E-state index contributed by atoms with van der Waals surface area (Å²) in [5.41, 5.74) is 0.679. The Hall–Kier alpha value is -2.87. The van der Waals surface area contributed by atoms with E-state index >= 15 is 0 Å². The van der Waals surface area contributed by atoms with E-state index < -0.39 is 5.97 Å². The highest BCUT2D eigenvalue weighted by Gasteiger charge is 2.20. The molecule has 8 heteroatoms. The first-order valence-electron chi connectivity index (χ1n) is 10.9. The zero-order valence-electron chi connectivity index (χ0n) is 18.3. The fraction of sp³-hybridized carbons (Fsp3) is 0.522. The molecule has 8 nitrogen and oxygen atoms in total. The van der Waals surface area contributed by atoms with Gasteiger partial charge in [0.25, 0.3) is 0 Å². The summed E-state index contributed by atoms with van der Waals surface area (Å²) in [7, 11) is 1.55. The van der Waals surface area contributed by atoms with Gasteiger partial charge in [-0.1, -0.05) is 18.6 Å². The van der Waals surface area contributed by atoms with Crippen molar-refractivity contribution in [1.82, 2.24) is 14.7 Å². The van der Waals surface area contributed by atoms with E-state index in [9.17, 15) is 9.59 Å². The fourth-order valence-electron chi connectivity index (χ4n) is 3.63. The number of likely N-dealkylation sites (tertiary alicyclic amines) is 1. The molecule has 1 aliphatic rings. The molecule has 0 aliphatic carbocycles. The Morgan fingerprint density at radius 1 is 1.13 bits per heavy atom. The number of ether oxygens (including phenoxy) is 3. The van der Waals surface area contributed by atoms with Crippen molar-refractivity contribution in [2.75, 3.05) is 40.0 Å². The van der Waals surface area contributed by atoms with Gasteiger partial charge < -0.3 is 19.1 Å². The van der Waals surface area contributed by atoms with Gasteiger partial charge in [0.15, 0.2) is 11.5 Å². The van der Waals surface area contributed by atoms with Crippen molar-refractivity contribution in [3.63, 3.8) is 0 Å². The number of aromatic nitrogens is 2. The second-order valence-electron chi connectivity index (χ2n) is 7.51. The molecule has 1 fully saturated rings. The number of esters is 1. The van der Waals surface area contributed by atoms with Crippen LogP contribution in [0.25, 0.3) is 0 Å². The van der Waals surface area contributed by atoms with Crippen molar-refractivity contribution >= 4 is 11.8 Å². The number of methoxy groups -OCH3 is 1. The molecule has 168 valence electrons. The van der Waals surface area contributed by atoms with Crippen LogP contribution in [0.4, 0.5) is 0 Å². The van der Waals surface area contributed by atoms with Crippen LogP contribution in [0.5, 0.6) is 11.6 Å². The number of carbonyl (C=O) groups is 2. The van der Waals surface area contributed by atoms with E-state index in [1.54, 1.807) is 38.3 Å². The van der Waals surface area contributed by atoms with Crippen LogP contribution in [0, 0.1) is 0 Å². The predicted molar refractivity (Wildman–Crippen MR) is 116 cm³/mol. The maximum Gasteiger partial charge on any atom is 0.356 e. The van der Waals surface area contributed by atoms with Gasteiger partial charge in [0, 0.05) is 18.2 Å². The molecule has 2 heterocycles. The van der Waals surface area contributed by atoms with Crippen LogP contribution in [-0.2, 0) is 11.3 Å². The number of benzene rings is 1. The molecule has 1 aliphatic heterocycles. The third-order valence-corrected chi connectivity index (χ3v) is 5.24. The summed E-state index contributed by atoms with van der Waals surface area (Å²) < 4.78 is 17.4. The van der Waals surface area contributed by atoms with E-state index in [2.05, 4.69) is 10.00 Å². The van der Waals surface area contributed by atoms with Gasteiger partial charge in [-0.05, 0) is 51.4 Å². The lowest BCUT2D eigenvalue weighted by molar-refractivity contribution is 0.0512. The smallest absolute Gasteiger partial charge is 0.356 e. The zero-order valence-corrected chi connectivity index (χ0v) is 18.3. The molecule has 0 spiro atoms. The molecular formula is C23H31N3O5. The average molecular weight is 430 g/mol. The van der Waals surface area contributed by atoms with E-state index in [0.717, 1.165) is 26.1 Å². The van der Waals surface area contributed by atoms with Gasteiger partial charge >= 0.3 is 5.97 Å². The highest BCUT2D eigenvalue weighted by Crippen LogP contribution is 2.17. The Bertz CT molecular complexity index is 874. The van der Waals surface area contributed by atoms with Crippen molar-refractivity contribution in [1.29, 1.82) is 0 Å². The molecule has 31 heavy (non-hydrogen) atoms. The first kappa shape index (κ1) is 22.8. The highest BCUT2D eigenvalue weighted by molar-refractivity contribution is 5.97. The van der Waals surface area contributed by atoms with Crippen molar-refractivity contribution in [3.05, 3.63) is 41.6 Å². The minimum Gasteiger partial charge on any atom is -0.497 e. The van der Waals surface area contributed by atoms with Crippen LogP contribution in [0.15, 0.2) is 30.3 Å². The predicted octanol–water partition coefficient (Wildman–Crippen LogP) is 3.21. The van der Waals surface area contributed by atoms with E-state index in [1.807, 2.05) is 0 Å². The zero-order chi connectivity index (χ0) is 22.1. The molecular weight excluding hydrogens is 398 g/mol. The molecule has 0 saturated carbocycles. The normalized spacial score (nSPS) is 14.3. The number of hydrogen-bond donors (Lipinski definition) is 0. The van der Waals surface area contributed by atoms with Gasteiger partial charge in [-0.3, -0.25) is 4.79 Å². The topological polar surface area (TPSA) is 82.9 Å². The largest absolute Gasteiger partial charge is 0.497 e. The lowest BCUT2D eigenvalue weighted by atomic mass is 10.1. The van der Waals surface area contributed by atoms with Gasteiger partial charge in [-0.2, -0.15) is 0 Å². The Labute approximate surface area is 183 Å². The summed E-state index contributed by atoms with van der Waals surface area (Å²) in [6, 6.07) is 8.42. The van der Waals surface area contributed by atoms with E-state index in [1.165, 1.54) is 30.0 Å². The first-order valence-corrected chi connectivity index (χ1v) is 10.9. The molecule has 0 amide bonds. The third kappa shape index (κ3) is 6.55. The highest BCUT2D eigenvalue weighted by atomic mass is 16.5. The summed E-state index contributed by atoms with van der Waals surface area (Å²) in [5, 5.41) is 4.33. The van der Waals surface area contributed by atoms with Gasteiger partial charge in [-0.25, -0.2) is 9.48 Å². The molecule has 0 N–H and O–H groups in total. The first-order chi connectivity index (χ1) is 15.1. The van der Waals surface area contributed by atoms with Gasteiger partial charge in [0.2, 0.25) is 5.88 Å². The summed E-state index contributed by atoms with van der Waals surface area (Å²) in [4.78, 5) is 27.5. The minimum absolute atomic E-state index is 0.0988. The van der Waals surface area contributed by atoms with Gasteiger partial charge in [-0.15, -0.1) is 5.10 Å². The molecule has 0 radical (unpaired) electrons. The summed E-state index contributed by atoms with van der Waals surface area (Å²) in [6.45, 7) is 5.65.